The monoisotopic (exact) mass is 156 g/mol. The predicted molar refractivity (Wildman–Crippen MR) is 48.5 cm³/mol. The largest absolute Gasteiger partial charge is 0.299 e. The molecule has 0 saturated heterocycles. The third-order valence-corrected chi connectivity index (χ3v) is 2.97. The Morgan fingerprint density at radius 2 is 1.82 bits per heavy atom. The number of rotatable bonds is 4. The maximum atomic E-state index is 11.5. The molecule has 0 aromatic carbocycles. The molecule has 0 aromatic rings. The molecule has 0 radical (unpaired) electrons. The Morgan fingerprint density at radius 1 is 1.36 bits per heavy atom. The van der Waals surface area contributed by atoms with Crippen LogP contribution in [0.15, 0.2) is 0 Å². The molecule has 66 valence electrons. The van der Waals surface area contributed by atoms with Crippen molar-refractivity contribution in [2.24, 2.45) is 11.3 Å². The highest BCUT2D eigenvalue weighted by Crippen LogP contribution is 2.32. The summed E-state index contributed by atoms with van der Waals surface area (Å²) in [7, 11) is 0. The van der Waals surface area contributed by atoms with Gasteiger partial charge in [0.1, 0.15) is 5.78 Å². The van der Waals surface area contributed by atoms with Crippen molar-refractivity contribution in [1.82, 2.24) is 0 Å². The molecule has 0 amide bonds. The summed E-state index contributed by atoms with van der Waals surface area (Å²) in [5.41, 5.74) is -0.0885. The van der Waals surface area contributed by atoms with Gasteiger partial charge in [0, 0.05) is 11.8 Å². The van der Waals surface area contributed by atoms with Gasteiger partial charge < -0.3 is 0 Å². The van der Waals surface area contributed by atoms with E-state index in [9.17, 15) is 4.79 Å². The smallest absolute Gasteiger partial charge is 0.138 e. The minimum absolute atomic E-state index is 0.0885. The number of hydrogen-bond acceptors (Lipinski definition) is 1. The SMILES string of the molecule is CCC(=O)C(C)(CC)C(C)C. The van der Waals surface area contributed by atoms with Gasteiger partial charge in [-0.3, -0.25) is 4.79 Å². The van der Waals surface area contributed by atoms with E-state index in [0.717, 1.165) is 6.42 Å². The van der Waals surface area contributed by atoms with Crippen molar-refractivity contribution < 1.29 is 4.79 Å². The molecule has 0 bridgehead atoms. The number of Topliss-reactive ketones (excluding diaryl/α,β-unsaturated/α-hetero) is 1. The first-order valence-corrected chi connectivity index (χ1v) is 4.52. The maximum Gasteiger partial charge on any atom is 0.138 e. The second-order valence-electron chi connectivity index (χ2n) is 3.70. The van der Waals surface area contributed by atoms with Crippen LogP contribution in [0.5, 0.6) is 0 Å². The fourth-order valence-corrected chi connectivity index (χ4v) is 1.33. The summed E-state index contributed by atoms with van der Waals surface area (Å²) < 4.78 is 0. The summed E-state index contributed by atoms with van der Waals surface area (Å²) in [5.74, 6) is 0.856. The van der Waals surface area contributed by atoms with E-state index < -0.39 is 0 Å². The van der Waals surface area contributed by atoms with Crippen LogP contribution in [-0.4, -0.2) is 5.78 Å². The first kappa shape index (κ1) is 10.7. The lowest BCUT2D eigenvalue weighted by atomic mass is 9.73. The summed E-state index contributed by atoms with van der Waals surface area (Å²) >= 11 is 0. The Hall–Kier alpha value is -0.330. The highest BCUT2D eigenvalue weighted by molar-refractivity contribution is 5.84. The van der Waals surface area contributed by atoms with Gasteiger partial charge in [-0.2, -0.15) is 0 Å². The first-order chi connectivity index (χ1) is 4.99. The average Bonchev–Trinajstić information content (AvgIpc) is 2.01. The molecule has 0 aromatic heterocycles. The maximum absolute atomic E-state index is 11.5. The summed E-state index contributed by atoms with van der Waals surface area (Å²) in [6.07, 6.45) is 1.62. The summed E-state index contributed by atoms with van der Waals surface area (Å²) in [6, 6.07) is 0. The van der Waals surface area contributed by atoms with E-state index in [0.29, 0.717) is 18.1 Å². The van der Waals surface area contributed by atoms with Crippen LogP contribution in [0, 0.1) is 11.3 Å². The first-order valence-electron chi connectivity index (χ1n) is 4.52. The van der Waals surface area contributed by atoms with E-state index in [4.69, 9.17) is 0 Å². The number of carbonyl (C=O) groups is 1. The molecule has 1 atom stereocenters. The molecule has 1 nitrogen and oxygen atoms in total. The van der Waals surface area contributed by atoms with E-state index in [2.05, 4.69) is 27.7 Å². The van der Waals surface area contributed by atoms with Crippen LogP contribution in [0.25, 0.3) is 0 Å². The zero-order valence-electron chi connectivity index (χ0n) is 8.40. The van der Waals surface area contributed by atoms with E-state index in [1.165, 1.54) is 0 Å². The van der Waals surface area contributed by atoms with Crippen molar-refractivity contribution in [2.75, 3.05) is 0 Å². The number of ketones is 1. The van der Waals surface area contributed by atoms with E-state index >= 15 is 0 Å². The van der Waals surface area contributed by atoms with E-state index in [-0.39, 0.29) is 5.41 Å². The van der Waals surface area contributed by atoms with Gasteiger partial charge in [0.15, 0.2) is 0 Å². The lowest BCUT2D eigenvalue weighted by Gasteiger charge is -2.30. The van der Waals surface area contributed by atoms with Gasteiger partial charge in [-0.05, 0) is 12.3 Å². The van der Waals surface area contributed by atoms with Crippen LogP contribution in [0.2, 0.25) is 0 Å². The Balaban J connectivity index is 4.45. The Kier molecular flexibility index (Phi) is 3.77. The zero-order valence-corrected chi connectivity index (χ0v) is 8.40. The Bertz CT molecular complexity index is 138. The highest BCUT2D eigenvalue weighted by atomic mass is 16.1. The Morgan fingerprint density at radius 3 is 1.91 bits per heavy atom. The number of hydrogen-bond donors (Lipinski definition) is 0. The van der Waals surface area contributed by atoms with Crippen LogP contribution in [0.4, 0.5) is 0 Å². The second kappa shape index (κ2) is 3.89. The molecule has 0 heterocycles. The third-order valence-electron chi connectivity index (χ3n) is 2.97. The van der Waals surface area contributed by atoms with Crippen molar-refractivity contribution in [3.05, 3.63) is 0 Å². The van der Waals surface area contributed by atoms with Crippen molar-refractivity contribution in [1.29, 1.82) is 0 Å². The van der Waals surface area contributed by atoms with Gasteiger partial charge in [0.2, 0.25) is 0 Å². The molecule has 0 aliphatic rings. The second-order valence-corrected chi connectivity index (χ2v) is 3.70. The molecular formula is C10H20O. The van der Waals surface area contributed by atoms with Crippen LogP contribution in [0.1, 0.15) is 47.5 Å². The fraction of sp³-hybridized carbons (Fsp3) is 0.900. The molecule has 1 unspecified atom stereocenters. The van der Waals surface area contributed by atoms with Crippen molar-refractivity contribution in [2.45, 2.75) is 47.5 Å². The Labute approximate surface area is 70.2 Å². The van der Waals surface area contributed by atoms with Crippen LogP contribution >= 0.6 is 0 Å². The van der Waals surface area contributed by atoms with Gasteiger partial charge >= 0.3 is 0 Å². The zero-order chi connectivity index (χ0) is 9.07. The topological polar surface area (TPSA) is 17.1 Å². The van der Waals surface area contributed by atoms with Gasteiger partial charge in [0.05, 0.1) is 0 Å². The van der Waals surface area contributed by atoms with Crippen LogP contribution in [-0.2, 0) is 4.79 Å². The molecule has 0 spiro atoms. The summed E-state index contributed by atoms with van der Waals surface area (Å²) in [4.78, 5) is 11.5. The minimum atomic E-state index is -0.0885. The molecule has 0 aliphatic carbocycles. The molecule has 0 fully saturated rings. The van der Waals surface area contributed by atoms with Crippen LogP contribution in [0.3, 0.4) is 0 Å². The summed E-state index contributed by atoms with van der Waals surface area (Å²) in [6.45, 7) is 10.4. The average molecular weight is 156 g/mol. The van der Waals surface area contributed by atoms with Gasteiger partial charge in [-0.15, -0.1) is 0 Å². The molecule has 0 saturated carbocycles. The molecular weight excluding hydrogens is 136 g/mol. The van der Waals surface area contributed by atoms with Gasteiger partial charge in [-0.1, -0.05) is 34.6 Å². The van der Waals surface area contributed by atoms with Crippen LogP contribution < -0.4 is 0 Å². The van der Waals surface area contributed by atoms with Gasteiger partial charge in [-0.25, -0.2) is 0 Å². The van der Waals surface area contributed by atoms with E-state index in [1.807, 2.05) is 6.92 Å². The lowest BCUT2D eigenvalue weighted by Crippen LogP contribution is -2.31. The third kappa shape index (κ3) is 2.05. The minimum Gasteiger partial charge on any atom is -0.299 e. The van der Waals surface area contributed by atoms with E-state index in [1.54, 1.807) is 0 Å². The fourth-order valence-electron chi connectivity index (χ4n) is 1.33. The molecule has 0 aliphatic heterocycles. The highest BCUT2D eigenvalue weighted by Gasteiger charge is 2.32. The van der Waals surface area contributed by atoms with Crippen molar-refractivity contribution in [3.8, 4) is 0 Å². The normalized spacial score (nSPS) is 16.5. The number of carbonyl (C=O) groups excluding carboxylic acids is 1. The van der Waals surface area contributed by atoms with Crippen molar-refractivity contribution >= 4 is 5.78 Å². The van der Waals surface area contributed by atoms with Gasteiger partial charge in [0.25, 0.3) is 0 Å². The van der Waals surface area contributed by atoms with Crippen molar-refractivity contribution in [3.63, 3.8) is 0 Å². The summed E-state index contributed by atoms with van der Waals surface area (Å²) in [5, 5.41) is 0. The standard InChI is InChI=1S/C10H20O/c1-6-9(11)10(5,7-2)8(3)4/h8H,6-7H2,1-5H3. The predicted octanol–water partition coefficient (Wildman–Crippen LogP) is 3.04. The molecule has 0 N–H and O–H groups in total. The molecule has 1 heteroatoms. The quantitative estimate of drug-likeness (QED) is 0.611. The lowest BCUT2D eigenvalue weighted by molar-refractivity contribution is -0.130. The molecule has 0 rings (SSSR count). The molecule has 11 heavy (non-hydrogen) atoms.